The summed E-state index contributed by atoms with van der Waals surface area (Å²) in [4.78, 5) is 18.0. The number of benzene rings is 1. The highest BCUT2D eigenvalue weighted by molar-refractivity contribution is 7.10. The van der Waals surface area contributed by atoms with Gasteiger partial charge in [-0.25, -0.2) is 4.68 Å². The molecule has 1 N–H and O–H groups in total. The highest BCUT2D eigenvalue weighted by atomic mass is 35.5. The first-order chi connectivity index (χ1) is 10.1. The van der Waals surface area contributed by atoms with Crippen molar-refractivity contribution in [2.24, 2.45) is 0 Å². The summed E-state index contributed by atoms with van der Waals surface area (Å²) in [6.45, 7) is 2.01. The molecule has 0 spiro atoms. The summed E-state index contributed by atoms with van der Waals surface area (Å²) < 4.78 is 1.55. The van der Waals surface area contributed by atoms with Crippen LogP contribution in [0.2, 0.25) is 5.02 Å². The number of aryl methyl sites for hydroxylation is 1. The van der Waals surface area contributed by atoms with E-state index in [0.29, 0.717) is 15.9 Å². The number of nitrogens with one attached hydrogen (secondary N) is 1. The highest BCUT2D eigenvalue weighted by Crippen LogP contribution is 2.26. The molecule has 0 aliphatic carbocycles. The van der Waals surface area contributed by atoms with Gasteiger partial charge in [0.2, 0.25) is 0 Å². The quantitative estimate of drug-likeness (QED) is 0.579. The molecular formula is C15H10ClN3OS. The number of para-hydroxylation sites is 1. The fraction of sp³-hybridized carbons (Fsp3) is 0.0667. The third kappa shape index (κ3) is 1.81. The fourth-order valence-corrected chi connectivity index (χ4v) is 3.37. The zero-order chi connectivity index (χ0) is 14.6. The molecule has 4 nitrogen and oxygen atoms in total. The maximum absolute atomic E-state index is 12.5. The van der Waals surface area contributed by atoms with E-state index in [1.165, 1.54) is 0 Å². The molecule has 4 rings (SSSR count). The second-order valence-electron chi connectivity index (χ2n) is 4.85. The molecule has 0 bridgehead atoms. The van der Waals surface area contributed by atoms with Crippen LogP contribution in [0.3, 0.4) is 0 Å². The van der Waals surface area contributed by atoms with Crippen LogP contribution in [-0.2, 0) is 0 Å². The molecule has 0 saturated heterocycles. The van der Waals surface area contributed by atoms with Crippen molar-refractivity contribution in [3.8, 4) is 5.69 Å². The van der Waals surface area contributed by atoms with Gasteiger partial charge in [-0.2, -0.15) is 0 Å². The van der Waals surface area contributed by atoms with Crippen molar-refractivity contribution < 1.29 is 0 Å². The number of halogens is 1. The number of aromatic amines is 1. The van der Waals surface area contributed by atoms with Crippen LogP contribution in [0.15, 0.2) is 40.6 Å². The zero-order valence-electron chi connectivity index (χ0n) is 11.1. The van der Waals surface area contributed by atoms with E-state index in [9.17, 15) is 4.79 Å². The Kier molecular flexibility index (Phi) is 2.67. The van der Waals surface area contributed by atoms with Gasteiger partial charge in [-0.05, 0) is 19.1 Å². The summed E-state index contributed by atoms with van der Waals surface area (Å²) in [5.41, 5.74) is 2.20. The molecule has 0 radical (unpaired) electrons. The van der Waals surface area contributed by atoms with Crippen LogP contribution < -0.4 is 5.56 Å². The fourth-order valence-electron chi connectivity index (χ4n) is 2.48. The first-order valence-electron chi connectivity index (χ1n) is 6.38. The summed E-state index contributed by atoms with van der Waals surface area (Å²) in [5, 5.41) is 7.12. The van der Waals surface area contributed by atoms with Crippen LogP contribution in [0.5, 0.6) is 0 Å². The van der Waals surface area contributed by atoms with Crippen LogP contribution in [0.1, 0.15) is 4.88 Å². The average Bonchev–Trinajstić information content (AvgIpc) is 3.04. The smallest absolute Gasteiger partial charge is 0.280 e. The van der Waals surface area contributed by atoms with E-state index in [-0.39, 0.29) is 5.56 Å². The van der Waals surface area contributed by atoms with Gasteiger partial charge in [-0.15, -0.1) is 11.3 Å². The van der Waals surface area contributed by atoms with E-state index >= 15 is 0 Å². The lowest BCUT2D eigenvalue weighted by Gasteiger charge is -1.99. The molecule has 0 atom stereocenters. The van der Waals surface area contributed by atoms with Crippen molar-refractivity contribution in [1.29, 1.82) is 0 Å². The second kappa shape index (κ2) is 4.44. The van der Waals surface area contributed by atoms with Gasteiger partial charge in [0, 0.05) is 21.8 Å². The highest BCUT2D eigenvalue weighted by Gasteiger charge is 2.13. The monoisotopic (exact) mass is 315 g/mol. The third-order valence-corrected chi connectivity index (χ3v) is 4.63. The van der Waals surface area contributed by atoms with Crippen molar-refractivity contribution in [1.82, 2.24) is 14.8 Å². The molecule has 6 heteroatoms. The van der Waals surface area contributed by atoms with Gasteiger partial charge < -0.3 is 0 Å². The molecule has 0 aliphatic rings. The maximum atomic E-state index is 12.5. The molecular weight excluding hydrogens is 306 g/mol. The van der Waals surface area contributed by atoms with Crippen LogP contribution in [-0.4, -0.2) is 14.8 Å². The van der Waals surface area contributed by atoms with E-state index in [4.69, 9.17) is 11.6 Å². The Morgan fingerprint density at radius 2 is 2.19 bits per heavy atom. The number of H-pyrrole nitrogens is 1. The SMILES string of the molecule is Cc1cc(-n2[nH]c3c(cnc4c(Cl)cccc43)c2=O)cs1. The molecule has 3 heterocycles. The van der Waals surface area contributed by atoms with Crippen molar-refractivity contribution in [2.75, 3.05) is 0 Å². The van der Waals surface area contributed by atoms with Crippen molar-refractivity contribution in [3.05, 3.63) is 56.1 Å². The van der Waals surface area contributed by atoms with Gasteiger partial charge in [0.05, 0.1) is 27.1 Å². The first kappa shape index (κ1) is 12.6. The van der Waals surface area contributed by atoms with Gasteiger partial charge >= 0.3 is 0 Å². The lowest BCUT2D eigenvalue weighted by molar-refractivity contribution is 0.868. The standard InChI is InChI=1S/C15H10ClN3OS/c1-8-5-9(7-21-8)19-15(20)11-6-17-14-10(13(11)18-19)3-2-4-12(14)16/h2-7,18H,1H3. The van der Waals surface area contributed by atoms with E-state index in [0.717, 1.165) is 21.5 Å². The van der Waals surface area contributed by atoms with Gasteiger partial charge in [-0.1, -0.05) is 23.7 Å². The van der Waals surface area contributed by atoms with Crippen LogP contribution in [0.25, 0.3) is 27.5 Å². The number of aromatic nitrogens is 3. The molecule has 1 aromatic carbocycles. The molecule has 0 aliphatic heterocycles. The molecule has 0 fully saturated rings. The Balaban J connectivity index is 2.13. The van der Waals surface area contributed by atoms with Crippen LogP contribution in [0, 0.1) is 6.92 Å². The van der Waals surface area contributed by atoms with Crippen LogP contribution in [0.4, 0.5) is 0 Å². The number of rotatable bonds is 1. The normalized spacial score (nSPS) is 11.5. The number of thiophene rings is 1. The molecule has 21 heavy (non-hydrogen) atoms. The number of hydrogen-bond donors (Lipinski definition) is 1. The Morgan fingerprint density at radius 3 is 2.95 bits per heavy atom. The predicted molar refractivity (Wildman–Crippen MR) is 86.8 cm³/mol. The summed E-state index contributed by atoms with van der Waals surface area (Å²) in [7, 11) is 0. The summed E-state index contributed by atoms with van der Waals surface area (Å²) in [6, 6.07) is 7.54. The third-order valence-electron chi connectivity index (χ3n) is 3.48. The van der Waals surface area contributed by atoms with Crippen molar-refractivity contribution in [2.45, 2.75) is 6.92 Å². The van der Waals surface area contributed by atoms with Gasteiger partial charge in [0.25, 0.3) is 5.56 Å². The lowest BCUT2D eigenvalue weighted by atomic mass is 10.2. The van der Waals surface area contributed by atoms with Gasteiger partial charge in [0.15, 0.2) is 0 Å². The van der Waals surface area contributed by atoms with Crippen LogP contribution >= 0.6 is 22.9 Å². The maximum Gasteiger partial charge on any atom is 0.280 e. The van der Waals surface area contributed by atoms with Gasteiger partial charge in [-0.3, -0.25) is 14.9 Å². The Hall–Kier alpha value is -2.11. The topological polar surface area (TPSA) is 50.7 Å². The Bertz CT molecular complexity index is 1040. The minimum atomic E-state index is -0.0998. The van der Waals surface area contributed by atoms with Crippen molar-refractivity contribution in [3.63, 3.8) is 0 Å². The lowest BCUT2D eigenvalue weighted by Crippen LogP contribution is -2.13. The number of fused-ring (bicyclic) bond motifs is 3. The molecule has 0 amide bonds. The Labute approximate surface area is 128 Å². The zero-order valence-corrected chi connectivity index (χ0v) is 12.6. The molecule has 3 aromatic heterocycles. The largest absolute Gasteiger partial charge is 0.290 e. The number of pyridine rings is 1. The average molecular weight is 316 g/mol. The summed E-state index contributed by atoms with van der Waals surface area (Å²) >= 11 is 7.77. The van der Waals surface area contributed by atoms with Crippen molar-refractivity contribution >= 4 is 44.7 Å². The van der Waals surface area contributed by atoms with E-state index in [2.05, 4.69) is 10.1 Å². The second-order valence-corrected chi connectivity index (χ2v) is 6.37. The molecule has 0 unspecified atom stereocenters. The van der Waals surface area contributed by atoms with E-state index in [1.807, 2.05) is 30.5 Å². The van der Waals surface area contributed by atoms with Gasteiger partial charge in [0.1, 0.15) is 0 Å². The predicted octanol–water partition coefficient (Wildman–Crippen LogP) is 3.89. The molecule has 0 saturated carbocycles. The molecule has 4 aromatic rings. The first-order valence-corrected chi connectivity index (χ1v) is 7.64. The van der Waals surface area contributed by atoms with E-state index < -0.39 is 0 Å². The minimum Gasteiger partial charge on any atom is -0.290 e. The number of nitrogens with zero attached hydrogens (tertiary/aromatic N) is 2. The van der Waals surface area contributed by atoms with E-state index in [1.54, 1.807) is 28.3 Å². The summed E-state index contributed by atoms with van der Waals surface area (Å²) in [6.07, 6.45) is 1.58. The summed E-state index contributed by atoms with van der Waals surface area (Å²) in [5.74, 6) is 0. The molecule has 104 valence electrons. The Morgan fingerprint density at radius 1 is 1.33 bits per heavy atom. The minimum absolute atomic E-state index is 0.0998. The number of hydrogen-bond acceptors (Lipinski definition) is 3.